The van der Waals surface area contributed by atoms with Crippen LogP contribution in [0.15, 0.2) is 18.7 Å². The molecular formula is C11H16N4O5. The Bertz CT molecular complexity index is 443. The minimum atomic E-state index is -1.26. The third kappa shape index (κ3) is 5.85. The molecule has 1 rings (SSSR count). The van der Waals surface area contributed by atoms with Crippen LogP contribution in [0.4, 0.5) is 4.79 Å². The zero-order valence-electron chi connectivity index (χ0n) is 10.7. The van der Waals surface area contributed by atoms with Crippen LogP contribution in [0.25, 0.3) is 0 Å². The number of rotatable bonds is 8. The van der Waals surface area contributed by atoms with Crippen LogP contribution < -0.4 is 5.32 Å². The smallest absolute Gasteiger partial charge is 0.323 e. The standard InChI is InChI=1S/C11H16N4O5/c16-9(17)6-15(7-10(18)19)11(20)13-2-1-4-14-5-3-12-8-14/h3,5,8H,1-2,4,6-7H2,(H,13,20)(H,16,17)(H,18,19). The number of nitrogens with one attached hydrogen (secondary N) is 1. The molecule has 0 saturated heterocycles. The molecular weight excluding hydrogens is 268 g/mol. The van der Waals surface area contributed by atoms with Gasteiger partial charge in [-0.2, -0.15) is 0 Å². The lowest BCUT2D eigenvalue weighted by Gasteiger charge is -2.19. The molecule has 0 radical (unpaired) electrons. The van der Waals surface area contributed by atoms with Gasteiger partial charge in [-0.3, -0.25) is 9.59 Å². The predicted octanol–water partition coefficient (Wildman–Crippen LogP) is -0.546. The van der Waals surface area contributed by atoms with Gasteiger partial charge < -0.3 is 25.0 Å². The van der Waals surface area contributed by atoms with Crippen LogP contribution in [-0.4, -0.2) is 62.3 Å². The van der Waals surface area contributed by atoms with Crippen molar-refractivity contribution in [3.8, 4) is 0 Å². The van der Waals surface area contributed by atoms with E-state index in [1.165, 1.54) is 0 Å². The lowest BCUT2D eigenvalue weighted by atomic mass is 10.4. The Morgan fingerprint density at radius 2 is 1.85 bits per heavy atom. The van der Waals surface area contributed by atoms with Crippen molar-refractivity contribution >= 4 is 18.0 Å². The zero-order chi connectivity index (χ0) is 15.0. The topological polar surface area (TPSA) is 125 Å². The highest BCUT2D eigenvalue weighted by molar-refractivity contribution is 5.84. The number of aromatic nitrogens is 2. The van der Waals surface area contributed by atoms with Crippen LogP contribution in [0.1, 0.15) is 6.42 Å². The molecule has 0 bridgehead atoms. The van der Waals surface area contributed by atoms with Crippen molar-refractivity contribution in [3.05, 3.63) is 18.7 Å². The first-order valence-electron chi connectivity index (χ1n) is 5.91. The normalized spacial score (nSPS) is 10.0. The van der Waals surface area contributed by atoms with Gasteiger partial charge in [-0.05, 0) is 6.42 Å². The third-order valence-corrected chi connectivity index (χ3v) is 2.37. The Morgan fingerprint density at radius 1 is 1.20 bits per heavy atom. The highest BCUT2D eigenvalue weighted by atomic mass is 16.4. The van der Waals surface area contributed by atoms with Crippen molar-refractivity contribution in [2.24, 2.45) is 0 Å². The quantitative estimate of drug-likeness (QED) is 0.550. The second kappa shape index (κ2) is 7.77. The summed E-state index contributed by atoms with van der Waals surface area (Å²) in [5.74, 6) is -2.53. The Labute approximate surface area is 114 Å². The van der Waals surface area contributed by atoms with Crippen molar-refractivity contribution in [1.29, 1.82) is 0 Å². The fourth-order valence-corrected chi connectivity index (χ4v) is 1.51. The van der Waals surface area contributed by atoms with Crippen molar-refractivity contribution < 1.29 is 24.6 Å². The van der Waals surface area contributed by atoms with Crippen LogP contribution in [0, 0.1) is 0 Å². The molecule has 0 fully saturated rings. The Kier molecular flexibility index (Phi) is 6.01. The average molecular weight is 284 g/mol. The van der Waals surface area contributed by atoms with Gasteiger partial charge in [-0.1, -0.05) is 0 Å². The van der Waals surface area contributed by atoms with E-state index in [0.717, 1.165) is 4.90 Å². The van der Waals surface area contributed by atoms with Gasteiger partial charge in [-0.25, -0.2) is 9.78 Å². The molecule has 0 aliphatic heterocycles. The van der Waals surface area contributed by atoms with E-state index in [2.05, 4.69) is 10.3 Å². The number of urea groups is 1. The highest BCUT2D eigenvalue weighted by Crippen LogP contribution is 1.93. The molecule has 0 saturated carbocycles. The molecule has 1 aromatic rings. The first kappa shape index (κ1) is 15.5. The molecule has 0 aliphatic carbocycles. The summed E-state index contributed by atoms with van der Waals surface area (Å²) in [6.07, 6.45) is 5.68. The van der Waals surface area contributed by atoms with Gasteiger partial charge in [0.25, 0.3) is 0 Å². The monoisotopic (exact) mass is 284 g/mol. The highest BCUT2D eigenvalue weighted by Gasteiger charge is 2.18. The number of nitrogens with zero attached hydrogens (tertiary/aromatic N) is 3. The maximum absolute atomic E-state index is 11.6. The summed E-state index contributed by atoms with van der Waals surface area (Å²) in [5, 5.41) is 19.7. The number of aryl methyl sites for hydroxylation is 1. The summed E-state index contributed by atoms with van der Waals surface area (Å²) in [5.41, 5.74) is 0. The largest absolute Gasteiger partial charge is 0.480 e. The van der Waals surface area contributed by atoms with Crippen molar-refractivity contribution in [3.63, 3.8) is 0 Å². The van der Waals surface area contributed by atoms with E-state index >= 15 is 0 Å². The van der Waals surface area contributed by atoms with E-state index < -0.39 is 31.1 Å². The zero-order valence-corrected chi connectivity index (χ0v) is 10.7. The molecule has 0 aromatic carbocycles. The van der Waals surface area contributed by atoms with Gasteiger partial charge in [0.2, 0.25) is 0 Å². The second-order valence-corrected chi connectivity index (χ2v) is 4.03. The first-order chi connectivity index (χ1) is 9.49. The Balaban J connectivity index is 2.33. The van der Waals surface area contributed by atoms with Gasteiger partial charge >= 0.3 is 18.0 Å². The number of carboxylic acid groups (broad SMARTS) is 2. The second-order valence-electron chi connectivity index (χ2n) is 4.03. The van der Waals surface area contributed by atoms with Crippen LogP contribution in [-0.2, 0) is 16.1 Å². The van der Waals surface area contributed by atoms with E-state index in [-0.39, 0.29) is 0 Å². The van der Waals surface area contributed by atoms with Gasteiger partial charge in [0.1, 0.15) is 13.1 Å². The van der Waals surface area contributed by atoms with Crippen molar-refractivity contribution in [1.82, 2.24) is 19.8 Å². The van der Waals surface area contributed by atoms with E-state index in [1.54, 1.807) is 18.7 Å². The van der Waals surface area contributed by atoms with Gasteiger partial charge in [-0.15, -0.1) is 0 Å². The summed E-state index contributed by atoms with van der Waals surface area (Å²) in [6, 6.07) is -0.708. The molecule has 20 heavy (non-hydrogen) atoms. The molecule has 0 unspecified atom stereocenters. The average Bonchev–Trinajstić information content (AvgIpc) is 2.85. The summed E-state index contributed by atoms with van der Waals surface area (Å²) < 4.78 is 1.83. The van der Waals surface area contributed by atoms with Crippen molar-refractivity contribution in [2.75, 3.05) is 19.6 Å². The lowest BCUT2D eigenvalue weighted by molar-refractivity contribution is -0.140. The lowest BCUT2D eigenvalue weighted by Crippen LogP contribution is -2.45. The Morgan fingerprint density at radius 3 is 2.35 bits per heavy atom. The van der Waals surface area contributed by atoms with E-state index in [1.807, 2.05) is 4.57 Å². The summed E-state index contributed by atoms with van der Waals surface area (Å²) in [4.78, 5) is 37.3. The van der Waals surface area contributed by atoms with Crippen molar-refractivity contribution in [2.45, 2.75) is 13.0 Å². The third-order valence-electron chi connectivity index (χ3n) is 2.37. The number of carboxylic acids is 2. The number of carbonyl (C=O) groups is 3. The van der Waals surface area contributed by atoms with Crippen LogP contribution in [0.5, 0.6) is 0 Å². The summed E-state index contributed by atoms with van der Waals surface area (Å²) in [7, 11) is 0. The van der Waals surface area contributed by atoms with Gasteiger partial charge in [0.05, 0.1) is 6.33 Å². The number of aliphatic carboxylic acids is 2. The fraction of sp³-hybridized carbons (Fsp3) is 0.455. The van der Waals surface area contributed by atoms with Gasteiger partial charge in [0, 0.05) is 25.5 Å². The van der Waals surface area contributed by atoms with E-state index in [4.69, 9.17) is 10.2 Å². The summed E-state index contributed by atoms with van der Waals surface area (Å²) >= 11 is 0. The number of carbonyl (C=O) groups excluding carboxylic acids is 1. The number of hydrogen-bond donors (Lipinski definition) is 3. The number of hydrogen-bond acceptors (Lipinski definition) is 4. The maximum atomic E-state index is 11.6. The molecule has 0 spiro atoms. The van der Waals surface area contributed by atoms with Gasteiger partial charge in [0.15, 0.2) is 0 Å². The molecule has 0 atom stereocenters. The maximum Gasteiger partial charge on any atom is 0.323 e. The molecule has 2 amide bonds. The van der Waals surface area contributed by atoms with Crippen LogP contribution in [0.3, 0.4) is 0 Å². The minimum Gasteiger partial charge on any atom is -0.480 e. The molecule has 0 aliphatic rings. The molecule has 9 nitrogen and oxygen atoms in total. The van der Waals surface area contributed by atoms with E-state index in [0.29, 0.717) is 19.5 Å². The molecule has 1 aromatic heterocycles. The first-order valence-corrected chi connectivity index (χ1v) is 5.91. The number of amides is 2. The number of imidazole rings is 1. The minimum absolute atomic E-state index is 0.312. The molecule has 1 heterocycles. The van der Waals surface area contributed by atoms with E-state index in [9.17, 15) is 14.4 Å². The SMILES string of the molecule is O=C(O)CN(CC(=O)O)C(=O)NCCCn1ccnc1. The predicted molar refractivity (Wildman–Crippen MR) is 67.1 cm³/mol. The fourth-order valence-electron chi connectivity index (χ4n) is 1.51. The Hall–Kier alpha value is -2.58. The molecule has 9 heteroatoms. The molecule has 110 valence electrons. The van der Waals surface area contributed by atoms with Crippen LogP contribution >= 0.6 is 0 Å². The van der Waals surface area contributed by atoms with Crippen LogP contribution in [0.2, 0.25) is 0 Å². The summed E-state index contributed by atoms with van der Waals surface area (Å²) in [6.45, 7) is -0.343. The molecule has 3 N–H and O–H groups in total.